The largest absolute Gasteiger partial charge is 0.506 e. The average molecular weight is 298 g/mol. The molecule has 0 unspecified atom stereocenters. The van der Waals surface area contributed by atoms with Crippen molar-refractivity contribution in [1.82, 2.24) is 0 Å². The minimum absolute atomic E-state index is 0.275. The van der Waals surface area contributed by atoms with E-state index in [4.69, 9.17) is 0 Å². The van der Waals surface area contributed by atoms with Gasteiger partial charge in [0.05, 0.1) is 5.69 Å². The van der Waals surface area contributed by atoms with Gasteiger partial charge in [0.15, 0.2) is 0 Å². The van der Waals surface area contributed by atoms with Gasteiger partial charge in [0, 0.05) is 4.47 Å². The maximum atomic E-state index is 11.9. The van der Waals surface area contributed by atoms with E-state index in [0.29, 0.717) is 10.0 Å². The number of aryl methyl sites for hydroxylation is 1. The molecule has 0 aliphatic heterocycles. The number of benzene rings is 1. The lowest BCUT2D eigenvalue weighted by Gasteiger charge is -2.10. The highest BCUT2D eigenvalue weighted by Crippen LogP contribution is 2.31. The van der Waals surface area contributed by atoms with Crippen LogP contribution in [0.2, 0.25) is 0 Å². The maximum Gasteiger partial charge on any atom is 0.471 e. The Morgan fingerprint density at radius 2 is 2.00 bits per heavy atom. The molecule has 0 spiro atoms. The zero-order valence-corrected chi connectivity index (χ0v) is 9.61. The molecule has 0 aromatic heterocycles. The van der Waals surface area contributed by atoms with Crippen LogP contribution in [0, 0.1) is 6.92 Å². The van der Waals surface area contributed by atoms with Crippen LogP contribution in [0.1, 0.15) is 5.56 Å². The normalized spacial score (nSPS) is 11.3. The van der Waals surface area contributed by atoms with E-state index >= 15 is 0 Å². The molecule has 0 atom stereocenters. The van der Waals surface area contributed by atoms with Gasteiger partial charge in [0.25, 0.3) is 0 Å². The Morgan fingerprint density at radius 3 is 2.50 bits per heavy atom. The molecule has 0 heterocycles. The summed E-state index contributed by atoms with van der Waals surface area (Å²) in [7, 11) is 0. The Bertz CT molecular complexity index is 431. The van der Waals surface area contributed by atoms with Crippen LogP contribution in [-0.2, 0) is 4.79 Å². The van der Waals surface area contributed by atoms with Crippen molar-refractivity contribution in [2.24, 2.45) is 0 Å². The Hall–Kier alpha value is -1.24. The number of carbonyl (C=O) groups is 1. The molecule has 3 nitrogen and oxygen atoms in total. The predicted octanol–water partition coefficient (Wildman–Crippen LogP) is 2.96. The fourth-order valence-electron chi connectivity index (χ4n) is 0.964. The second-order valence-electron chi connectivity index (χ2n) is 3.07. The molecular formula is C9H7BrF3NO2. The molecule has 0 radical (unpaired) electrons. The topological polar surface area (TPSA) is 49.3 Å². The fourth-order valence-corrected chi connectivity index (χ4v) is 1.30. The number of hydrogen-bond donors (Lipinski definition) is 2. The molecule has 1 aromatic carbocycles. The summed E-state index contributed by atoms with van der Waals surface area (Å²) < 4.78 is 36.4. The van der Waals surface area contributed by atoms with E-state index in [9.17, 15) is 23.1 Å². The van der Waals surface area contributed by atoms with E-state index in [1.807, 2.05) is 0 Å². The molecule has 1 rings (SSSR count). The maximum absolute atomic E-state index is 11.9. The summed E-state index contributed by atoms with van der Waals surface area (Å²) in [6.45, 7) is 1.62. The molecule has 2 N–H and O–H groups in total. The van der Waals surface area contributed by atoms with Crippen molar-refractivity contribution in [3.05, 3.63) is 22.2 Å². The number of anilines is 1. The van der Waals surface area contributed by atoms with Crippen molar-refractivity contribution in [2.45, 2.75) is 13.1 Å². The molecule has 0 saturated carbocycles. The number of hydrogen-bond acceptors (Lipinski definition) is 2. The van der Waals surface area contributed by atoms with E-state index in [1.54, 1.807) is 12.2 Å². The highest BCUT2D eigenvalue weighted by molar-refractivity contribution is 9.10. The Labute approximate surface area is 97.4 Å². The zero-order valence-electron chi connectivity index (χ0n) is 8.02. The number of rotatable bonds is 1. The van der Waals surface area contributed by atoms with E-state index < -0.39 is 17.8 Å². The molecule has 0 aliphatic rings. The standard InChI is InChI=1S/C9H7BrF3NO2/c1-4-2-6(7(15)3-5(4)10)14-8(16)9(11,12)13/h2-3,15H,1H3,(H,14,16). The first-order chi connectivity index (χ1) is 7.21. The third kappa shape index (κ3) is 2.88. The van der Waals surface area contributed by atoms with Crippen LogP contribution < -0.4 is 5.32 Å². The Kier molecular flexibility index (Phi) is 3.47. The molecular weight excluding hydrogens is 291 g/mol. The highest BCUT2D eigenvalue weighted by atomic mass is 79.9. The minimum Gasteiger partial charge on any atom is -0.506 e. The Morgan fingerprint density at radius 1 is 1.44 bits per heavy atom. The summed E-state index contributed by atoms with van der Waals surface area (Å²) >= 11 is 3.09. The molecule has 0 bridgehead atoms. The van der Waals surface area contributed by atoms with Gasteiger partial charge in [-0.15, -0.1) is 0 Å². The van der Waals surface area contributed by atoms with Crippen molar-refractivity contribution in [2.75, 3.05) is 5.32 Å². The average Bonchev–Trinajstić information content (AvgIpc) is 2.12. The first-order valence-corrected chi connectivity index (χ1v) is 4.88. The van der Waals surface area contributed by atoms with Gasteiger partial charge >= 0.3 is 12.1 Å². The number of amides is 1. The van der Waals surface area contributed by atoms with Gasteiger partial charge in [0.2, 0.25) is 0 Å². The number of alkyl halides is 3. The molecule has 7 heteroatoms. The molecule has 0 fully saturated rings. The van der Waals surface area contributed by atoms with Gasteiger partial charge < -0.3 is 10.4 Å². The zero-order chi connectivity index (χ0) is 12.5. The highest BCUT2D eigenvalue weighted by Gasteiger charge is 2.39. The van der Waals surface area contributed by atoms with E-state index in [2.05, 4.69) is 15.9 Å². The van der Waals surface area contributed by atoms with Crippen LogP contribution in [0.5, 0.6) is 5.75 Å². The first kappa shape index (κ1) is 12.8. The molecule has 88 valence electrons. The quantitative estimate of drug-likeness (QED) is 0.783. The van der Waals surface area contributed by atoms with Crippen molar-refractivity contribution in [3.8, 4) is 5.75 Å². The molecule has 0 saturated heterocycles. The number of phenols is 1. The van der Waals surface area contributed by atoms with Crippen molar-refractivity contribution in [3.63, 3.8) is 0 Å². The summed E-state index contributed by atoms with van der Waals surface area (Å²) in [6, 6.07) is 2.45. The number of phenolic OH excluding ortho intramolecular Hbond substituents is 1. The third-order valence-electron chi connectivity index (χ3n) is 1.78. The molecule has 1 aromatic rings. The van der Waals surface area contributed by atoms with Gasteiger partial charge in [0.1, 0.15) is 5.75 Å². The second-order valence-corrected chi connectivity index (χ2v) is 3.92. The molecule has 0 aliphatic carbocycles. The first-order valence-electron chi connectivity index (χ1n) is 4.09. The third-order valence-corrected chi connectivity index (χ3v) is 2.64. The van der Waals surface area contributed by atoms with E-state index in [0.717, 1.165) is 0 Å². The van der Waals surface area contributed by atoms with Crippen LogP contribution >= 0.6 is 15.9 Å². The second kappa shape index (κ2) is 4.32. The van der Waals surface area contributed by atoms with Crippen LogP contribution in [0.4, 0.5) is 18.9 Å². The van der Waals surface area contributed by atoms with Gasteiger partial charge in [-0.1, -0.05) is 15.9 Å². The summed E-state index contributed by atoms with van der Waals surface area (Å²) in [4.78, 5) is 10.6. The minimum atomic E-state index is -4.98. The molecule has 1 amide bonds. The predicted molar refractivity (Wildman–Crippen MR) is 55.2 cm³/mol. The summed E-state index contributed by atoms with van der Waals surface area (Å²) in [6.07, 6.45) is -4.98. The van der Waals surface area contributed by atoms with Crippen LogP contribution in [0.25, 0.3) is 0 Å². The SMILES string of the molecule is Cc1cc(NC(=O)C(F)(F)F)c(O)cc1Br. The summed E-state index contributed by atoms with van der Waals surface area (Å²) in [5.74, 6) is -2.56. The van der Waals surface area contributed by atoms with E-state index in [-0.39, 0.29) is 5.69 Å². The fraction of sp³-hybridized carbons (Fsp3) is 0.222. The van der Waals surface area contributed by atoms with Gasteiger partial charge in [-0.05, 0) is 24.6 Å². The van der Waals surface area contributed by atoms with Crippen LogP contribution in [0.15, 0.2) is 16.6 Å². The van der Waals surface area contributed by atoms with Crippen LogP contribution in [0.3, 0.4) is 0 Å². The number of carbonyl (C=O) groups excluding carboxylic acids is 1. The molecule has 16 heavy (non-hydrogen) atoms. The van der Waals surface area contributed by atoms with E-state index in [1.165, 1.54) is 12.1 Å². The van der Waals surface area contributed by atoms with Crippen molar-refractivity contribution in [1.29, 1.82) is 0 Å². The van der Waals surface area contributed by atoms with Crippen molar-refractivity contribution >= 4 is 27.5 Å². The van der Waals surface area contributed by atoms with Crippen LogP contribution in [-0.4, -0.2) is 17.2 Å². The summed E-state index contributed by atoms with van der Waals surface area (Å²) in [5.41, 5.74) is 0.318. The monoisotopic (exact) mass is 297 g/mol. The van der Waals surface area contributed by atoms with Crippen molar-refractivity contribution < 1.29 is 23.1 Å². The van der Waals surface area contributed by atoms with Gasteiger partial charge in [-0.2, -0.15) is 13.2 Å². The lowest BCUT2D eigenvalue weighted by atomic mass is 10.2. The number of nitrogens with one attached hydrogen (secondary N) is 1. The lowest BCUT2D eigenvalue weighted by molar-refractivity contribution is -0.167. The van der Waals surface area contributed by atoms with Gasteiger partial charge in [-0.3, -0.25) is 4.79 Å². The lowest BCUT2D eigenvalue weighted by Crippen LogP contribution is -2.29. The van der Waals surface area contributed by atoms with Gasteiger partial charge in [-0.25, -0.2) is 0 Å². The number of halogens is 4. The smallest absolute Gasteiger partial charge is 0.471 e. The summed E-state index contributed by atoms with van der Waals surface area (Å²) in [5, 5.41) is 10.9. The number of aromatic hydroxyl groups is 1. The Balaban J connectivity index is 2.99.